The second-order valence-electron chi connectivity index (χ2n) is 6.63. The molecule has 0 bridgehead atoms. The van der Waals surface area contributed by atoms with Crippen molar-refractivity contribution < 1.29 is 9.32 Å². The van der Waals surface area contributed by atoms with Crippen LogP contribution in [-0.4, -0.2) is 36.9 Å². The highest BCUT2D eigenvalue weighted by atomic mass is 16.5. The molecule has 25 heavy (non-hydrogen) atoms. The van der Waals surface area contributed by atoms with E-state index in [1.165, 1.54) is 0 Å². The third kappa shape index (κ3) is 2.59. The van der Waals surface area contributed by atoms with Gasteiger partial charge in [0.2, 0.25) is 5.78 Å². The molecule has 3 aromatic heterocycles. The van der Waals surface area contributed by atoms with Gasteiger partial charge in [-0.05, 0) is 46.1 Å². The van der Waals surface area contributed by atoms with Crippen LogP contribution >= 0.6 is 0 Å². The van der Waals surface area contributed by atoms with Gasteiger partial charge in [-0.3, -0.25) is 9.20 Å². The maximum Gasteiger partial charge on any atom is 0.259 e. The Morgan fingerprint density at radius 3 is 2.88 bits per heavy atom. The molecular formula is C18H21N5O2. The van der Waals surface area contributed by atoms with Crippen LogP contribution in [0.15, 0.2) is 23.0 Å². The van der Waals surface area contributed by atoms with Crippen LogP contribution in [0.2, 0.25) is 0 Å². The molecule has 1 unspecified atom stereocenters. The molecule has 4 rings (SSSR count). The number of aromatic nitrogens is 4. The molecular weight excluding hydrogens is 318 g/mol. The molecule has 7 nitrogen and oxygen atoms in total. The second kappa shape index (κ2) is 5.98. The topological polar surface area (TPSA) is 76.5 Å². The molecule has 7 heteroatoms. The fraction of sp³-hybridized carbons (Fsp3) is 0.444. The van der Waals surface area contributed by atoms with Gasteiger partial charge in [-0.15, -0.1) is 0 Å². The summed E-state index contributed by atoms with van der Waals surface area (Å²) in [7, 11) is 0. The van der Waals surface area contributed by atoms with E-state index in [1.807, 2.05) is 29.3 Å². The molecule has 1 amide bonds. The average Bonchev–Trinajstić information content (AvgIpc) is 3.21. The van der Waals surface area contributed by atoms with Crippen LogP contribution in [0.5, 0.6) is 0 Å². The molecule has 1 aliphatic heterocycles. The van der Waals surface area contributed by atoms with Crippen molar-refractivity contribution in [2.75, 3.05) is 6.54 Å². The number of likely N-dealkylation sites (tertiary alicyclic amines) is 1. The van der Waals surface area contributed by atoms with Crippen molar-refractivity contribution in [1.29, 1.82) is 0 Å². The predicted molar refractivity (Wildman–Crippen MR) is 91.3 cm³/mol. The van der Waals surface area contributed by atoms with Crippen LogP contribution in [0.3, 0.4) is 0 Å². The van der Waals surface area contributed by atoms with E-state index >= 15 is 0 Å². The van der Waals surface area contributed by atoms with Gasteiger partial charge in [-0.25, -0.2) is 9.97 Å². The van der Waals surface area contributed by atoms with Crippen molar-refractivity contribution in [3.8, 4) is 0 Å². The van der Waals surface area contributed by atoms with Crippen LogP contribution in [0.4, 0.5) is 0 Å². The Bertz CT molecular complexity index is 923. The van der Waals surface area contributed by atoms with Crippen molar-refractivity contribution in [1.82, 2.24) is 24.4 Å². The Balaban J connectivity index is 1.74. The summed E-state index contributed by atoms with van der Waals surface area (Å²) in [6, 6.07) is 2.01. The first-order valence-electron chi connectivity index (χ1n) is 8.60. The number of carbonyl (C=O) groups excluding carboxylic acids is 1. The van der Waals surface area contributed by atoms with E-state index in [9.17, 15) is 4.79 Å². The van der Waals surface area contributed by atoms with E-state index in [0.717, 1.165) is 30.7 Å². The van der Waals surface area contributed by atoms with Crippen LogP contribution in [0, 0.1) is 20.8 Å². The monoisotopic (exact) mass is 339 g/mol. The van der Waals surface area contributed by atoms with Gasteiger partial charge in [0.15, 0.2) is 0 Å². The molecule has 1 saturated heterocycles. The van der Waals surface area contributed by atoms with Gasteiger partial charge in [0.05, 0.1) is 17.4 Å². The van der Waals surface area contributed by atoms with Gasteiger partial charge in [-0.2, -0.15) is 0 Å². The van der Waals surface area contributed by atoms with Crippen molar-refractivity contribution in [3.05, 3.63) is 46.9 Å². The highest BCUT2D eigenvalue weighted by Gasteiger charge is 2.32. The number of hydrogen-bond acceptors (Lipinski definition) is 5. The quantitative estimate of drug-likeness (QED) is 0.717. The first-order chi connectivity index (χ1) is 12.1. The number of carbonyl (C=O) groups is 1. The van der Waals surface area contributed by atoms with E-state index in [1.54, 1.807) is 13.1 Å². The van der Waals surface area contributed by atoms with Gasteiger partial charge >= 0.3 is 0 Å². The van der Waals surface area contributed by atoms with E-state index < -0.39 is 0 Å². The highest BCUT2D eigenvalue weighted by Crippen LogP contribution is 2.32. The van der Waals surface area contributed by atoms with Crippen LogP contribution in [-0.2, 0) is 0 Å². The highest BCUT2D eigenvalue weighted by molar-refractivity contribution is 5.96. The summed E-state index contributed by atoms with van der Waals surface area (Å²) < 4.78 is 7.14. The molecule has 1 aliphatic rings. The number of rotatable bonds is 2. The maximum absolute atomic E-state index is 13.2. The second-order valence-corrected chi connectivity index (χ2v) is 6.63. The summed E-state index contributed by atoms with van der Waals surface area (Å²) in [6.07, 6.45) is 6.62. The molecule has 0 N–H and O–H groups in total. The van der Waals surface area contributed by atoms with E-state index in [0.29, 0.717) is 29.3 Å². The van der Waals surface area contributed by atoms with Crippen molar-refractivity contribution in [2.24, 2.45) is 0 Å². The standard InChI is InChI=1S/C18H21N5O2/c1-11-10-14(20-18-19-7-9-22(11)18)15-6-4-5-8-23(15)17(24)16-12(2)21-25-13(16)3/h7,9-10,15H,4-6,8H2,1-3H3. The summed E-state index contributed by atoms with van der Waals surface area (Å²) in [5.41, 5.74) is 3.18. The molecule has 3 aromatic rings. The molecule has 1 fully saturated rings. The first-order valence-corrected chi connectivity index (χ1v) is 8.60. The number of aryl methyl sites for hydroxylation is 3. The minimum absolute atomic E-state index is 0.0244. The lowest BCUT2D eigenvalue weighted by Gasteiger charge is -2.35. The molecule has 1 atom stereocenters. The largest absolute Gasteiger partial charge is 0.361 e. The SMILES string of the molecule is Cc1noc(C)c1C(=O)N1CCCCC1c1cc(C)n2ccnc2n1. The fourth-order valence-corrected chi connectivity index (χ4v) is 3.67. The Morgan fingerprint density at radius 2 is 2.12 bits per heavy atom. The lowest BCUT2D eigenvalue weighted by molar-refractivity contribution is 0.0603. The molecule has 0 aromatic carbocycles. The lowest BCUT2D eigenvalue weighted by atomic mass is 9.97. The molecule has 4 heterocycles. The minimum Gasteiger partial charge on any atom is -0.361 e. The zero-order valence-electron chi connectivity index (χ0n) is 14.7. The molecule has 0 radical (unpaired) electrons. The van der Waals surface area contributed by atoms with Gasteiger partial charge in [0.25, 0.3) is 5.91 Å². The number of piperidine rings is 1. The lowest BCUT2D eigenvalue weighted by Crippen LogP contribution is -2.39. The number of hydrogen-bond donors (Lipinski definition) is 0. The zero-order chi connectivity index (χ0) is 17.6. The maximum atomic E-state index is 13.2. The Labute approximate surface area is 145 Å². The van der Waals surface area contributed by atoms with E-state index in [-0.39, 0.29) is 11.9 Å². The molecule has 0 spiro atoms. The first kappa shape index (κ1) is 15.8. The summed E-state index contributed by atoms with van der Waals surface area (Å²) in [5, 5.41) is 3.93. The van der Waals surface area contributed by atoms with Crippen LogP contribution in [0.1, 0.15) is 58.5 Å². The Hall–Kier alpha value is -2.70. The van der Waals surface area contributed by atoms with Gasteiger partial charge in [-0.1, -0.05) is 5.16 Å². The average molecular weight is 339 g/mol. The fourth-order valence-electron chi connectivity index (χ4n) is 3.67. The van der Waals surface area contributed by atoms with Crippen LogP contribution in [0.25, 0.3) is 5.78 Å². The third-order valence-electron chi connectivity index (χ3n) is 4.94. The van der Waals surface area contributed by atoms with Gasteiger partial charge in [0.1, 0.15) is 11.3 Å². The van der Waals surface area contributed by atoms with E-state index in [4.69, 9.17) is 9.51 Å². The van der Waals surface area contributed by atoms with Crippen molar-refractivity contribution in [2.45, 2.75) is 46.1 Å². The Kier molecular flexibility index (Phi) is 3.78. The van der Waals surface area contributed by atoms with E-state index in [2.05, 4.69) is 16.2 Å². The smallest absolute Gasteiger partial charge is 0.259 e. The summed E-state index contributed by atoms with van der Waals surface area (Å²) >= 11 is 0. The predicted octanol–water partition coefficient (Wildman–Crippen LogP) is 3.01. The molecule has 0 saturated carbocycles. The zero-order valence-corrected chi connectivity index (χ0v) is 14.7. The number of amides is 1. The third-order valence-corrected chi connectivity index (χ3v) is 4.94. The summed E-state index contributed by atoms with van der Waals surface area (Å²) in [6.45, 7) is 6.34. The number of nitrogens with zero attached hydrogens (tertiary/aromatic N) is 5. The summed E-state index contributed by atoms with van der Waals surface area (Å²) in [4.78, 5) is 24.1. The van der Waals surface area contributed by atoms with Crippen molar-refractivity contribution in [3.63, 3.8) is 0 Å². The Morgan fingerprint density at radius 1 is 1.28 bits per heavy atom. The van der Waals surface area contributed by atoms with Gasteiger partial charge in [0, 0.05) is 24.6 Å². The number of fused-ring (bicyclic) bond motifs is 1. The summed E-state index contributed by atoms with van der Waals surface area (Å²) in [5.74, 6) is 1.22. The molecule has 130 valence electrons. The normalized spacial score (nSPS) is 18.0. The minimum atomic E-state index is -0.0460. The van der Waals surface area contributed by atoms with Crippen LogP contribution < -0.4 is 0 Å². The molecule has 0 aliphatic carbocycles. The van der Waals surface area contributed by atoms with Gasteiger partial charge < -0.3 is 9.42 Å². The van der Waals surface area contributed by atoms with Crippen molar-refractivity contribution >= 4 is 11.7 Å². The number of imidazole rings is 1.